The van der Waals surface area contributed by atoms with E-state index in [0.29, 0.717) is 4.83 Å². The molecule has 3 heteroatoms. The van der Waals surface area contributed by atoms with Crippen LogP contribution in [0.3, 0.4) is 0 Å². The first-order chi connectivity index (χ1) is 9.24. The second-order valence-electron chi connectivity index (χ2n) is 5.32. The van der Waals surface area contributed by atoms with Gasteiger partial charge in [-0.1, -0.05) is 48.0 Å². The van der Waals surface area contributed by atoms with E-state index in [0.717, 1.165) is 17.4 Å². The molecule has 0 amide bonds. The zero-order chi connectivity index (χ0) is 13.7. The van der Waals surface area contributed by atoms with Gasteiger partial charge >= 0.3 is 0 Å². The van der Waals surface area contributed by atoms with E-state index in [2.05, 4.69) is 22.0 Å². The molecule has 1 aliphatic rings. The minimum atomic E-state index is 0.348. The van der Waals surface area contributed by atoms with Crippen LogP contribution in [0.2, 0.25) is 0 Å². The number of rotatable bonds is 5. The molecule has 0 N–H and O–H groups in total. The summed E-state index contributed by atoms with van der Waals surface area (Å²) in [4.78, 5) is 0.348. The maximum absolute atomic E-state index is 5.47. The Balaban J connectivity index is 2.09. The molecule has 0 aromatic heterocycles. The van der Waals surface area contributed by atoms with Crippen LogP contribution < -0.4 is 9.47 Å². The molecule has 19 heavy (non-hydrogen) atoms. The number of alkyl halides is 1. The summed E-state index contributed by atoms with van der Waals surface area (Å²) in [5.41, 5.74) is 1.20. The molecule has 1 aromatic carbocycles. The predicted molar refractivity (Wildman–Crippen MR) is 82.4 cm³/mol. The molecular weight excluding hydrogens is 304 g/mol. The summed E-state index contributed by atoms with van der Waals surface area (Å²) in [6.07, 6.45) is 8.11. The summed E-state index contributed by atoms with van der Waals surface area (Å²) in [7, 11) is 3.43. The largest absolute Gasteiger partial charge is 0.497 e. The molecule has 1 aliphatic carbocycles. The first-order valence-electron chi connectivity index (χ1n) is 7.10. The van der Waals surface area contributed by atoms with Gasteiger partial charge in [-0.15, -0.1) is 0 Å². The van der Waals surface area contributed by atoms with Crippen LogP contribution in [0.25, 0.3) is 0 Å². The van der Waals surface area contributed by atoms with Crippen LogP contribution in [0.1, 0.15) is 48.9 Å². The highest BCUT2D eigenvalue weighted by atomic mass is 79.9. The zero-order valence-corrected chi connectivity index (χ0v) is 13.4. The Morgan fingerprint density at radius 2 is 1.89 bits per heavy atom. The first-order valence-corrected chi connectivity index (χ1v) is 8.02. The average molecular weight is 327 g/mol. The minimum Gasteiger partial charge on any atom is -0.497 e. The monoisotopic (exact) mass is 326 g/mol. The van der Waals surface area contributed by atoms with Gasteiger partial charge in [0.05, 0.1) is 14.2 Å². The predicted octanol–water partition coefficient (Wildman–Crippen LogP) is 5.11. The van der Waals surface area contributed by atoms with E-state index in [9.17, 15) is 0 Å². The third-order valence-electron chi connectivity index (χ3n) is 4.04. The van der Waals surface area contributed by atoms with E-state index in [4.69, 9.17) is 9.47 Å². The molecular formula is C16H23BrO2. The lowest BCUT2D eigenvalue weighted by Crippen LogP contribution is -2.09. The van der Waals surface area contributed by atoms with E-state index in [1.54, 1.807) is 14.2 Å². The quantitative estimate of drug-likeness (QED) is 0.700. The Kier molecular flexibility index (Phi) is 5.56. The first kappa shape index (κ1) is 14.7. The fraction of sp³-hybridized carbons (Fsp3) is 0.625. The van der Waals surface area contributed by atoms with Crippen LogP contribution in [0.5, 0.6) is 11.5 Å². The lowest BCUT2D eigenvalue weighted by molar-refractivity contribution is 0.335. The second kappa shape index (κ2) is 7.18. The minimum absolute atomic E-state index is 0.348. The summed E-state index contributed by atoms with van der Waals surface area (Å²) in [6.45, 7) is 0. The number of hydrogen-bond acceptors (Lipinski definition) is 2. The van der Waals surface area contributed by atoms with Gasteiger partial charge in [-0.3, -0.25) is 0 Å². The van der Waals surface area contributed by atoms with E-state index >= 15 is 0 Å². The highest BCUT2D eigenvalue weighted by Crippen LogP contribution is 2.40. The van der Waals surface area contributed by atoms with E-state index < -0.39 is 0 Å². The normalized spacial score (nSPS) is 18.1. The van der Waals surface area contributed by atoms with Crippen molar-refractivity contribution >= 4 is 15.9 Å². The standard InChI is InChI=1S/C16H23BrO2/c1-18-13-8-9-16(19-2)14(11-13)15(17)10-12-6-4-3-5-7-12/h8-9,11-12,15H,3-7,10H2,1-2H3. The van der Waals surface area contributed by atoms with Gasteiger partial charge in [0.1, 0.15) is 11.5 Å². The molecule has 2 rings (SSSR count). The Morgan fingerprint density at radius 3 is 2.53 bits per heavy atom. The van der Waals surface area contributed by atoms with E-state index in [-0.39, 0.29) is 0 Å². The van der Waals surface area contributed by atoms with Crippen LogP contribution in [0.15, 0.2) is 18.2 Å². The fourth-order valence-electron chi connectivity index (χ4n) is 2.93. The van der Waals surface area contributed by atoms with Crippen molar-refractivity contribution in [1.82, 2.24) is 0 Å². The number of methoxy groups -OCH3 is 2. The number of benzene rings is 1. The number of halogens is 1. The van der Waals surface area contributed by atoms with Crippen molar-refractivity contribution in [2.24, 2.45) is 5.92 Å². The van der Waals surface area contributed by atoms with Crippen molar-refractivity contribution in [2.45, 2.75) is 43.4 Å². The highest BCUT2D eigenvalue weighted by Gasteiger charge is 2.21. The number of hydrogen-bond donors (Lipinski definition) is 0. The van der Waals surface area contributed by atoms with Crippen LogP contribution in [-0.2, 0) is 0 Å². The summed E-state index contributed by atoms with van der Waals surface area (Å²) in [5, 5.41) is 0. The zero-order valence-electron chi connectivity index (χ0n) is 11.8. The van der Waals surface area contributed by atoms with Crippen LogP contribution >= 0.6 is 15.9 Å². The Bertz CT molecular complexity index is 400. The number of ether oxygens (including phenoxy) is 2. The van der Waals surface area contributed by atoms with Crippen molar-refractivity contribution in [3.63, 3.8) is 0 Å². The molecule has 0 bridgehead atoms. The van der Waals surface area contributed by atoms with Gasteiger partial charge in [-0.25, -0.2) is 0 Å². The van der Waals surface area contributed by atoms with Crippen LogP contribution in [0, 0.1) is 5.92 Å². The van der Waals surface area contributed by atoms with Gasteiger partial charge in [-0.05, 0) is 30.5 Å². The van der Waals surface area contributed by atoms with Gasteiger partial charge in [0.25, 0.3) is 0 Å². The van der Waals surface area contributed by atoms with E-state index in [1.165, 1.54) is 44.1 Å². The third-order valence-corrected chi connectivity index (χ3v) is 4.91. The molecule has 1 unspecified atom stereocenters. The molecule has 0 spiro atoms. The molecule has 1 aromatic rings. The van der Waals surface area contributed by atoms with Gasteiger partial charge in [0, 0.05) is 10.4 Å². The fourth-order valence-corrected chi connectivity index (χ4v) is 3.81. The van der Waals surface area contributed by atoms with Gasteiger partial charge < -0.3 is 9.47 Å². The molecule has 1 atom stereocenters. The average Bonchev–Trinajstić information content (AvgIpc) is 2.47. The SMILES string of the molecule is COc1ccc(OC)c(C(Br)CC2CCCCC2)c1. The van der Waals surface area contributed by atoms with Crippen molar-refractivity contribution < 1.29 is 9.47 Å². The molecule has 0 saturated heterocycles. The molecule has 0 radical (unpaired) electrons. The molecule has 1 fully saturated rings. The topological polar surface area (TPSA) is 18.5 Å². The molecule has 0 aliphatic heterocycles. The van der Waals surface area contributed by atoms with Crippen LogP contribution in [0.4, 0.5) is 0 Å². The summed E-state index contributed by atoms with van der Waals surface area (Å²) < 4.78 is 10.8. The second-order valence-corrected chi connectivity index (χ2v) is 6.42. The Labute approximate surface area is 124 Å². The van der Waals surface area contributed by atoms with Gasteiger partial charge in [-0.2, -0.15) is 0 Å². The highest BCUT2D eigenvalue weighted by molar-refractivity contribution is 9.09. The molecule has 106 valence electrons. The van der Waals surface area contributed by atoms with Crippen molar-refractivity contribution in [2.75, 3.05) is 14.2 Å². The maximum Gasteiger partial charge on any atom is 0.123 e. The maximum atomic E-state index is 5.47. The summed E-state index contributed by atoms with van der Waals surface area (Å²) in [6, 6.07) is 6.02. The van der Waals surface area contributed by atoms with Crippen molar-refractivity contribution in [3.05, 3.63) is 23.8 Å². The van der Waals surface area contributed by atoms with Gasteiger partial charge in [0.15, 0.2) is 0 Å². The Morgan fingerprint density at radius 1 is 1.16 bits per heavy atom. The van der Waals surface area contributed by atoms with Crippen LogP contribution in [-0.4, -0.2) is 14.2 Å². The van der Waals surface area contributed by atoms with Crippen molar-refractivity contribution in [1.29, 1.82) is 0 Å². The smallest absolute Gasteiger partial charge is 0.123 e. The third kappa shape index (κ3) is 3.88. The summed E-state index contributed by atoms with van der Waals surface area (Å²) >= 11 is 3.84. The van der Waals surface area contributed by atoms with Crippen molar-refractivity contribution in [3.8, 4) is 11.5 Å². The summed E-state index contributed by atoms with van der Waals surface area (Å²) in [5.74, 6) is 2.68. The molecule has 0 heterocycles. The van der Waals surface area contributed by atoms with E-state index in [1.807, 2.05) is 12.1 Å². The lowest BCUT2D eigenvalue weighted by Gasteiger charge is -2.25. The molecule has 2 nitrogen and oxygen atoms in total. The molecule has 1 saturated carbocycles. The lowest BCUT2D eigenvalue weighted by atomic mass is 9.85. The Hall–Kier alpha value is -0.700. The van der Waals surface area contributed by atoms with Gasteiger partial charge in [0.2, 0.25) is 0 Å².